The third kappa shape index (κ3) is 9.07. The van der Waals surface area contributed by atoms with Gasteiger partial charge in [-0.15, -0.1) is 0 Å². The predicted molar refractivity (Wildman–Crippen MR) is 125 cm³/mol. The lowest BCUT2D eigenvalue weighted by atomic mass is 9.96. The van der Waals surface area contributed by atoms with Crippen LogP contribution in [0.2, 0.25) is 0 Å². The fourth-order valence-corrected chi connectivity index (χ4v) is 3.39. The third-order valence-electron chi connectivity index (χ3n) is 5.40. The largest absolute Gasteiger partial charge is 0.490 e. The molecule has 0 aliphatic carbocycles. The molecule has 170 valence electrons. The van der Waals surface area contributed by atoms with E-state index in [0.29, 0.717) is 24.6 Å². The van der Waals surface area contributed by atoms with Gasteiger partial charge in [-0.05, 0) is 37.7 Å². The molecule has 0 radical (unpaired) electrons. The Balaban J connectivity index is 1.83. The minimum absolute atomic E-state index is 0.00925. The van der Waals surface area contributed by atoms with E-state index in [-0.39, 0.29) is 18.0 Å². The van der Waals surface area contributed by atoms with Crippen LogP contribution < -0.4 is 4.74 Å². The van der Waals surface area contributed by atoms with Crippen molar-refractivity contribution in [3.05, 3.63) is 42.2 Å². The maximum absolute atomic E-state index is 12.3. The zero-order chi connectivity index (χ0) is 22.5. The lowest BCUT2D eigenvalue weighted by Gasteiger charge is -2.16. The van der Waals surface area contributed by atoms with Gasteiger partial charge in [-0.2, -0.15) is 0 Å². The average molecular weight is 427 g/mol. The summed E-state index contributed by atoms with van der Waals surface area (Å²) in [6, 6.07) is 8.08. The van der Waals surface area contributed by atoms with Crippen LogP contribution in [0.5, 0.6) is 5.75 Å². The summed E-state index contributed by atoms with van der Waals surface area (Å²) in [6.07, 6.45) is 11.7. The molecule has 0 amide bonds. The summed E-state index contributed by atoms with van der Waals surface area (Å²) < 4.78 is 11.2. The number of hydrogen-bond donors (Lipinski definition) is 0. The molecule has 0 saturated carbocycles. The van der Waals surface area contributed by atoms with E-state index in [9.17, 15) is 4.79 Å². The highest BCUT2D eigenvalue weighted by Crippen LogP contribution is 2.24. The van der Waals surface area contributed by atoms with Crippen LogP contribution in [-0.2, 0) is 9.53 Å². The first-order chi connectivity index (χ1) is 15.0. The topological polar surface area (TPSA) is 61.3 Å². The Morgan fingerprint density at radius 2 is 1.61 bits per heavy atom. The summed E-state index contributed by atoms with van der Waals surface area (Å²) in [5.74, 6) is 1.34. The number of nitrogens with zero attached hydrogens (tertiary/aromatic N) is 2. The Bertz CT molecular complexity index is 759. The van der Waals surface area contributed by atoms with Crippen molar-refractivity contribution in [3.63, 3.8) is 0 Å². The number of rotatable bonds is 14. The van der Waals surface area contributed by atoms with Crippen molar-refractivity contribution < 1.29 is 14.3 Å². The smallest absolute Gasteiger partial charge is 0.306 e. The molecule has 2 aromatic rings. The van der Waals surface area contributed by atoms with Crippen LogP contribution in [0.1, 0.15) is 90.5 Å². The van der Waals surface area contributed by atoms with E-state index < -0.39 is 0 Å². The molecule has 1 heterocycles. The highest BCUT2D eigenvalue weighted by Gasteiger charge is 2.15. The number of esters is 1. The second-order valence-electron chi connectivity index (χ2n) is 8.32. The van der Waals surface area contributed by atoms with E-state index in [0.717, 1.165) is 36.8 Å². The van der Waals surface area contributed by atoms with Crippen molar-refractivity contribution in [1.29, 1.82) is 0 Å². The Labute approximate surface area is 187 Å². The van der Waals surface area contributed by atoms with E-state index >= 15 is 0 Å². The Morgan fingerprint density at radius 1 is 0.935 bits per heavy atom. The molecule has 0 fully saturated rings. The zero-order valence-electron chi connectivity index (χ0n) is 19.6. The summed E-state index contributed by atoms with van der Waals surface area (Å²) in [5, 5.41) is 0. The van der Waals surface area contributed by atoms with E-state index in [2.05, 4.69) is 30.7 Å². The Hall–Kier alpha value is -2.43. The first kappa shape index (κ1) is 24.8. The van der Waals surface area contributed by atoms with Crippen molar-refractivity contribution in [1.82, 2.24) is 9.97 Å². The lowest BCUT2D eigenvalue weighted by molar-refractivity contribution is -0.148. The minimum atomic E-state index is -0.124. The lowest BCUT2D eigenvalue weighted by Crippen LogP contribution is -2.16. The molecule has 0 N–H and O–H groups in total. The number of carbonyl (C=O) groups excluding carboxylic acids is 1. The highest BCUT2D eigenvalue weighted by molar-refractivity contribution is 5.70. The normalized spacial score (nSPS) is 12.9. The van der Waals surface area contributed by atoms with E-state index in [1.165, 1.54) is 19.3 Å². The molecule has 0 saturated heterocycles. The van der Waals surface area contributed by atoms with Gasteiger partial charge in [-0.1, -0.05) is 70.7 Å². The molecule has 0 aliphatic heterocycles. The number of ether oxygens (including phenoxy) is 2. The van der Waals surface area contributed by atoms with Gasteiger partial charge in [-0.25, -0.2) is 9.97 Å². The van der Waals surface area contributed by atoms with Crippen LogP contribution in [0.3, 0.4) is 0 Å². The SMILES string of the molecule is CCCCCCC(C)OC(=O)CC(C)c1ccc(-c2ncc(OCCCC)cn2)cc1. The van der Waals surface area contributed by atoms with Crippen LogP contribution in [0.25, 0.3) is 11.4 Å². The van der Waals surface area contributed by atoms with Crippen LogP contribution in [-0.4, -0.2) is 28.6 Å². The van der Waals surface area contributed by atoms with E-state index in [1.54, 1.807) is 12.4 Å². The van der Waals surface area contributed by atoms with E-state index in [4.69, 9.17) is 9.47 Å². The highest BCUT2D eigenvalue weighted by atomic mass is 16.5. The van der Waals surface area contributed by atoms with Crippen molar-refractivity contribution in [3.8, 4) is 17.1 Å². The van der Waals surface area contributed by atoms with Crippen molar-refractivity contribution in [2.45, 2.75) is 91.1 Å². The minimum Gasteiger partial charge on any atom is -0.490 e. The predicted octanol–water partition coefficient (Wildman–Crippen LogP) is 6.72. The van der Waals surface area contributed by atoms with Gasteiger partial charge < -0.3 is 9.47 Å². The molecule has 5 heteroatoms. The van der Waals surface area contributed by atoms with Crippen molar-refractivity contribution >= 4 is 5.97 Å². The maximum atomic E-state index is 12.3. The third-order valence-corrected chi connectivity index (χ3v) is 5.40. The monoisotopic (exact) mass is 426 g/mol. The number of hydrogen-bond acceptors (Lipinski definition) is 5. The Kier molecular flexibility index (Phi) is 11.0. The fourth-order valence-electron chi connectivity index (χ4n) is 3.39. The summed E-state index contributed by atoms with van der Waals surface area (Å²) >= 11 is 0. The molecule has 1 aromatic carbocycles. The molecule has 0 spiro atoms. The average Bonchev–Trinajstić information content (AvgIpc) is 2.77. The molecule has 31 heavy (non-hydrogen) atoms. The molecule has 2 unspecified atom stereocenters. The molecular formula is C26H38N2O3. The van der Waals surface area contributed by atoms with Crippen LogP contribution in [0, 0.1) is 0 Å². The first-order valence-electron chi connectivity index (χ1n) is 11.8. The summed E-state index contributed by atoms with van der Waals surface area (Å²) in [7, 11) is 0. The summed E-state index contributed by atoms with van der Waals surface area (Å²) in [6.45, 7) is 9.06. The fraction of sp³-hybridized carbons (Fsp3) is 0.577. The van der Waals surface area contributed by atoms with Gasteiger partial charge in [0.25, 0.3) is 0 Å². The van der Waals surface area contributed by atoms with Gasteiger partial charge in [-0.3, -0.25) is 4.79 Å². The second-order valence-corrected chi connectivity index (χ2v) is 8.32. The molecule has 0 aliphatic rings. The molecule has 2 rings (SSSR count). The van der Waals surface area contributed by atoms with Gasteiger partial charge >= 0.3 is 5.97 Å². The number of benzene rings is 1. The van der Waals surface area contributed by atoms with Crippen molar-refractivity contribution in [2.75, 3.05) is 6.61 Å². The number of aromatic nitrogens is 2. The van der Waals surface area contributed by atoms with Crippen LogP contribution >= 0.6 is 0 Å². The van der Waals surface area contributed by atoms with Gasteiger partial charge in [0.05, 0.1) is 31.5 Å². The van der Waals surface area contributed by atoms with Gasteiger partial charge in [0.2, 0.25) is 0 Å². The van der Waals surface area contributed by atoms with E-state index in [1.807, 2.05) is 31.2 Å². The summed E-state index contributed by atoms with van der Waals surface area (Å²) in [5.41, 5.74) is 2.05. The first-order valence-corrected chi connectivity index (χ1v) is 11.8. The van der Waals surface area contributed by atoms with Gasteiger partial charge in [0.1, 0.15) is 0 Å². The van der Waals surface area contributed by atoms with Gasteiger partial charge in [0, 0.05) is 5.56 Å². The Morgan fingerprint density at radius 3 is 2.26 bits per heavy atom. The summed E-state index contributed by atoms with van der Waals surface area (Å²) in [4.78, 5) is 21.1. The molecule has 0 bridgehead atoms. The molecule has 2 atom stereocenters. The second kappa shape index (κ2) is 13.8. The van der Waals surface area contributed by atoms with Crippen LogP contribution in [0.4, 0.5) is 0 Å². The molecule has 1 aromatic heterocycles. The standard InChI is InChI=1S/C26H38N2O3/c1-5-7-9-10-11-21(4)31-25(29)17-20(3)22-12-14-23(15-13-22)26-27-18-24(19-28-26)30-16-8-6-2/h12-15,18-21H,5-11,16-17H2,1-4H3. The maximum Gasteiger partial charge on any atom is 0.306 e. The van der Waals surface area contributed by atoms with Gasteiger partial charge in [0.15, 0.2) is 11.6 Å². The number of unbranched alkanes of at least 4 members (excludes halogenated alkanes) is 4. The molecule has 5 nitrogen and oxygen atoms in total. The van der Waals surface area contributed by atoms with Crippen LogP contribution in [0.15, 0.2) is 36.7 Å². The quantitative estimate of drug-likeness (QED) is 0.248. The van der Waals surface area contributed by atoms with Crippen molar-refractivity contribution in [2.24, 2.45) is 0 Å². The zero-order valence-corrected chi connectivity index (χ0v) is 19.6. The number of carbonyl (C=O) groups is 1. The molecular weight excluding hydrogens is 388 g/mol.